The van der Waals surface area contributed by atoms with Crippen LogP contribution in [0.3, 0.4) is 0 Å². The smallest absolute Gasteiger partial charge is 0.272 e. The van der Waals surface area contributed by atoms with Crippen LogP contribution >= 0.6 is 0 Å². The molecule has 1 aliphatic heterocycles. The zero-order valence-electron chi connectivity index (χ0n) is 12.5. The molecule has 2 N–H and O–H groups in total. The van der Waals surface area contributed by atoms with Crippen molar-refractivity contribution in [1.82, 2.24) is 9.88 Å². The minimum atomic E-state index is -0.00787. The lowest BCUT2D eigenvalue weighted by atomic mass is 9.92. The molecule has 1 aromatic heterocycles. The van der Waals surface area contributed by atoms with Crippen LogP contribution in [0.5, 0.6) is 0 Å². The third-order valence-electron chi connectivity index (χ3n) is 4.62. The number of aromatic nitrogens is 1. The first kappa shape index (κ1) is 13.9. The Morgan fingerprint density at radius 2 is 2.10 bits per heavy atom. The molecule has 4 heteroatoms. The molecule has 0 saturated carbocycles. The number of piperidine rings is 1. The summed E-state index contributed by atoms with van der Waals surface area (Å²) in [6.07, 6.45) is 2.23. The SMILES string of the molecule is CC1CCCN(C(=O)c2cc3ccccc3c(N)n2)C1C. The molecule has 21 heavy (non-hydrogen) atoms. The Hall–Kier alpha value is -2.10. The maximum atomic E-state index is 12.8. The molecule has 0 spiro atoms. The molecule has 0 radical (unpaired) electrons. The number of nitrogens with two attached hydrogens (primary N) is 1. The molecule has 2 heterocycles. The predicted molar refractivity (Wildman–Crippen MR) is 85.1 cm³/mol. The zero-order valence-corrected chi connectivity index (χ0v) is 12.5. The molecule has 3 rings (SSSR count). The number of nitrogen functional groups attached to an aromatic ring is 1. The van der Waals surface area contributed by atoms with Gasteiger partial charge in [-0.25, -0.2) is 4.98 Å². The lowest BCUT2D eigenvalue weighted by molar-refractivity contribution is 0.0545. The Bertz CT molecular complexity index is 683. The van der Waals surface area contributed by atoms with E-state index in [-0.39, 0.29) is 11.9 Å². The number of anilines is 1. The van der Waals surface area contributed by atoms with Gasteiger partial charge in [-0.1, -0.05) is 31.2 Å². The van der Waals surface area contributed by atoms with Crippen molar-refractivity contribution in [2.75, 3.05) is 12.3 Å². The maximum absolute atomic E-state index is 12.8. The van der Waals surface area contributed by atoms with Crippen molar-refractivity contribution < 1.29 is 4.79 Å². The van der Waals surface area contributed by atoms with Crippen LogP contribution in [-0.2, 0) is 0 Å². The van der Waals surface area contributed by atoms with Crippen molar-refractivity contribution >= 4 is 22.5 Å². The highest BCUT2D eigenvalue weighted by Crippen LogP contribution is 2.26. The van der Waals surface area contributed by atoms with Crippen molar-refractivity contribution in [3.8, 4) is 0 Å². The van der Waals surface area contributed by atoms with Crippen LogP contribution in [0.25, 0.3) is 10.8 Å². The predicted octanol–water partition coefficient (Wildman–Crippen LogP) is 3.08. The lowest BCUT2D eigenvalue weighted by Crippen LogP contribution is -2.46. The molecular formula is C17H21N3O. The Kier molecular flexibility index (Phi) is 3.53. The van der Waals surface area contributed by atoms with Crippen LogP contribution in [0.2, 0.25) is 0 Å². The highest BCUT2D eigenvalue weighted by molar-refractivity contribution is 6.00. The summed E-state index contributed by atoms with van der Waals surface area (Å²) in [5.74, 6) is 0.946. The van der Waals surface area contributed by atoms with Gasteiger partial charge in [-0.3, -0.25) is 4.79 Å². The molecule has 4 nitrogen and oxygen atoms in total. The zero-order chi connectivity index (χ0) is 15.0. The van der Waals surface area contributed by atoms with Crippen molar-refractivity contribution in [3.63, 3.8) is 0 Å². The topological polar surface area (TPSA) is 59.2 Å². The number of benzene rings is 1. The van der Waals surface area contributed by atoms with Gasteiger partial charge >= 0.3 is 0 Å². The minimum absolute atomic E-state index is 0.00787. The average molecular weight is 283 g/mol. The third kappa shape index (κ3) is 2.46. The van der Waals surface area contributed by atoms with Crippen LogP contribution in [0.1, 0.15) is 37.2 Å². The van der Waals surface area contributed by atoms with Gasteiger partial charge in [0.05, 0.1) is 0 Å². The quantitative estimate of drug-likeness (QED) is 0.875. The first-order chi connectivity index (χ1) is 10.1. The van der Waals surface area contributed by atoms with E-state index < -0.39 is 0 Å². The molecule has 110 valence electrons. The van der Waals surface area contributed by atoms with Crippen molar-refractivity contribution in [3.05, 3.63) is 36.0 Å². The summed E-state index contributed by atoms with van der Waals surface area (Å²) in [7, 11) is 0. The van der Waals surface area contributed by atoms with Gasteiger partial charge in [0.2, 0.25) is 0 Å². The highest BCUT2D eigenvalue weighted by atomic mass is 16.2. The van der Waals surface area contributed by atoms with Crippen LogP contribution in [0.15, 0.2) is 30.3 Å². The fourth-order valence-corrected chi connectivity index (χ4v) is 3.10. The largest absolute Gasteiger partial charge is 0.383 e. The van der Waals surface area contributed by atoms with E-state index >= 15 is 0 Å². The van der Waals surface area contributed by atoms with E-state index in [9.17, 15) is 4.79 Å². The van der Waals surface area contributed by atoms with E-state index in [1.807, 2.05) is 35.2 Å². The number of fused-ring (bicyclic) bond motifs is 1. The van der Waals surface area contributed by atoms with E-state index in [2.05, 4.69) is 18.8 Å². The fourth-order valence-electron chi connectivity index (χ4n) is 3.10. The number of nitrogens with zero attached hydrogens (tertiary/aromatic N) is 2. The van der Waals surface area contributed by atoms with Crippen molar-refractivity contribution in [2.24, 2.45) is 5.92 Å². The number of rotatable bonds is 1. The molecule has 1 aliphatic rings. The summed E-state index contributed by atoms with van der Waals surface area (Å²) in [4.78, 5) is 19.0. The summed E-state index contributed by atoms with van der Waals surface area (Å²) in [6.45, 7) is 5.12. The van der Waals surface area contributed by atoms with Gasteiger partial charge in [-0.15, -0.1) is 0 Å². The number of amides is 1. The summed E-state index contributed by atoms with van der Waals surface area (Å²) in [6, 6.07) is 9.86. The summed E-state index contributed by atoms with van der Waals surface area (Å²) in [5, 5.41) is 1.86. The molecule has 1 fully saturated rings. The second-order valence-corrected chi connectivity index (χ2v) is 5.97. The molecule has 1 amide bonds. The Morgan fingerprint density at radius 1 is 1.33 bits per heavy atom. The van der Waals surface area contributed by atoms with Crippen LogP contribution in [-0.4, -0.2) is 28.4 Å². The molecule has 1 saturated heterocycles. The molecular weight excluding hydrogens is 262 g/mol. The normalized spacial score (nSPS) is 22.5. The summed E-state index contributed by atoms with van der Waals surface area (Å²) in [5.41, 5.74) is 6.46. The highest BCUT2D eigenvalue weighted by Gasteiger charge is 2.29. The van der Waals surface area contributed by atoms with Crippen LogP contribution in [0.4, 0.5) is 5.82 Å². The van der Waals surface area contributed by atoms with Crippen molar-refractivity contribution in [2.45, 2.75) is 32.7 Å². The maximum Gasteiger partial charge on any atom is 0.272 e. The van der Waals surface area contributed by atoms with Gasteiger partial charge < -0.3 is 10.6 Å². The minimum Gasteiger partial charge on any atom is -0.383 e. The van der Waals surface area contributed by atoms with E-state index in [1.54, 1.807) is 0 Å². The van der Waals surface area contributed by atoms with Gasteiger partial charge in [-0.2, -0.15) is 0 Å². The van der Waals surface area contributed by atoms with Gasteiger partial charge in [0, 0.05) is 18.0 Å². The monoisotopic (exact) mass is 283 g/mol. The van der Waals surface area contributed by atoms with Crippen molar-refractivity contribution in [1.29, 1.82) is 0 Å². The standard InChI is InChI=1S/C17H21N3O/c1-11-6-5-9-20(12(11)2)17(21)15-10-13-7-3-4-8-14(13)16(18)19-15/h3-4,7-8,10-12H,5-6,9H2,1-2H3,(H2,18,19). The Labute approximate surface area is 125 Å². The van der Waals surface area contributed by atoms with Gasteiger partial charge in [0.1, 0.15) is 11.5 Å². The number of pyridine rings is 1. The number of carbonyl (C=O) groups excluding carboxylic acids is 1. The van der Waals surface area contributed by atoms with E-state index in [0.717, 1.165) is 23.7 Å². The lowest BCUT2D eigenvalue weighted by Gasteiger charge is -2.37. The van der Waals surface area contributed by atoms with Gasteiger partial charge in [0.25, 0.3) is 5.91 Å². The molecule has 1 aromatic carbocycles. The average Bonchev–Trinajstić information content (AvgIpc) is 2.49. The summed E-state index contributed by atoms with van der Waals surface area (Å²) >= 11 is 0. The van der Waals surface area contributed by atoms with E-state index in [1.165, 1.54) is 6.42 Å². The second kappa shape index (κ2) is 5.35. The Balaban J connectivity index is 1.98. The van der Waals surface area contributed by atoms with Gasteiger partial charge in [0.15, 0.2) is 0 Å². The number of likely N-dealkylation sites (tertiary alicyclic amines) is 1. The molecule has 0 bridgehead atoms. The number of carbonyl (C=O) groups is 1. The molecule has 2 unspecified atom stereocenters. The van der Waals surface area contributed by atoms with Gasteiger partial charge in [-0.05, 0) is 37.1 Å². The molecule has 2 aromatic rings. The summed E-state index contributed by atoms with van der Waals surface area (Å²) < 4.78 is 0. The van der Waals surface area contributed by atoms with E-state index in [0.29, 0.717) is 17.4 Å². The Morgan fingerprint density at radius 3 is 2.90 bits per heavy atom. The number of hydrogen-bond acceptors (Lipinski definition) is 3. The van der Waals surface area contributed by atoms with E-state index in [4.69, 9.17) is 5.73 Å². The van der Waals surface area contributed by atoms with Crippen LogP contribution in [0, 0.1) is 5.92 Å². The second-order valence-electron chi connectivity index (χ2n) is 5.97. The molecule has 2 atom stereocenters. The molecule has 0 aliphatic carbocycles. The third-order valence-corrected chi connectivity index (χ3v) is 4.62. The van der Waals surface area contributed by atoms with Crippen LogP contribution < -0.4 is 5.73 Å². The number of hydrogen-bond donors (Lipinski definition) is 1. The first-order valence-corrected chi connectivity index (χ1v) is 7.54. The fraction of sp³-hybridized carbons (Fsp3) is 0.412. The first-order valence-electron chi connectivity index (χ1n) is 7.54.